The van der Waals surface area contributed by atoms with Gasteiger partial charge in [-0.1, -0.05) is 78.9 Å². The molecule has 170 valence electrons. The van der Waals surface area contributed by atoms with Crippen molar-refractivity contribution in [3.8, 4) is 17.3 Å². The summed E-state index contributed by atoms with van der Waals surface area (Å²) in [5, 5.41) is 13.2. The number of nitrogens with one attached hydrogen (secondary N) is 1. The van der Waals surface area contributed by atoms with E-state index in [1.165, 1.54) is 0 Å². The van der Waals surface area contributed by atoms with Crippen LogP contribution >= 0.6 is 0 Å². The van der Waals surface area contributed by atoms with Crippen molar-refractivity contribution in [1.82, 2.24) is 10.3 Å². The molecule has 0 fully saturated rings. The molecular formula is C28H25N3O2S. The normalized spacial score (nSPS) is 12.6. The van der Waals surface area contributed by atoms with Crippen molar-refractivity contribution < 1.29 is 9.00 Å². The van der Waals surface area contributed by atoms with Crippen LogP contribution in [0.3, 0.4) is 0 Å². The number of pyridine rings is 1. The van der Waals surface area contributed by atoms with E-state index in [0.29, 0.717) is 28.9 Å². The topological polar surface area (TPSA) is 82.8 Å². The van der Waals surface area contributed by atoms with Crippen LogP contribution < -0.4 is 5.32 Å². The Hall–Kier alpha value is -3.82. The minimum absolute atomic E-state index is 0.151. The van der Waals surface area contributed by atoms with Crippen molar-refractivity contribution in [3.05, 3.63) is 102 Å². The summed E-state index contributed by atoms with van der Waals surface area (Å²) in [6, 6.07) is 28.5. The minimum Gasteiger partial charge on any atom is -0.344 e. The molecule has 0 aliphatic carbocycles. The van der Waals surface area contributed by atoms with Crippen LogP contribution in [0.5, 0.6) is 0 Å². The third kappa shape index (κ3) is 5.22. The second-order valence-corrected chi connectivity index (χ2v) is 9.58. The fraction of sp³-hybridized carbons (Fsp3) is 0.179. The number of hydrogen-bond donors (Lipinski definition) is 1. The summed E-state index contributed by atoms with van der Waals surface area (Å²) in [5.41, 5.74) is 4.48. The fourth-order valence-corrected chi connectivity index (χ4v) is 4.59. The van der Waals surface area contributed by atoms with Crippen LogP contribution in [0.2, 0.25) is 0 Å². The van der Waals surface area contributed by atoms with Crippen LogP contribution in [0.25, 0.3) is 22.2 Å². The average Bonchev–Trinajstić information content (AvgIpc) is 2.87. The Morgan fingerprint density at radius 1 is 1.00 bits per heavy atom. The molecule has 4 aromatic rings. The van der Waals surface area contributed by atoms with Crippen LogP contribution in [0.1, 0.15) is 33.9 Å². The predicted octanol–water partition coefficient (Wildman–Crippen LogP) is 5.21. The van der Waals surface area contributed by atoms with E-state index in [2.05, 4.69) is 11.4 Å². The lowest BCUT2D eigenvalue weighted by molar-refractivity contribution is 0.0938. The molecule has 2 unspecified atom stereocenters. The second-order valence-electron chi connectivity index (χ2n) is 8.02. The van der Waals surface area contributed by atoms with Crippen molar-refractivity contribution in [2.75, 3.05) is 12.0 Å². The summed E-state index contributed by atoms with van der Waals surface area (Å²) in [6.45, 7) is 0. The number of nitrogens with zero attached hydrogens (tertiary/aromatic N) is 2. The Labute approximate surface area is 201 Å². The highest BCUT2D eigenvalue weighted by Crippen LogP contribution is 2.31. The minimum atomic E-state index is -1.03. The number of hydrogen-bond acceptors (Lipinski definition) is 4. The molecule has 4 rings (SSSR count). The molecule has 2 atom stereocenters. The summed E-state index contributed by atoms with van der Waals surface area (Å²) in [7, 11) is -1.03. The van der Waals surface area contributed by atoms with Crippen LogP contribution in [0.15, 0.2) is 84.9 Å². The van der Waals surface area contributed by atoms with Gasteiger partial charge in [0.15, 0.2) is 0 Å². The van der Waals surface area contributed by atoms with Gasteiger partial charge < -0.3 is 5.32 Å². The number of aromatic nitrogens is 1. The first kappa shape index (κ1) is 23.3. The fourth-order valence-electron chi connectivity index (χ4n) is 4.09. The zero-order chi connectivity index (χ0) is 23.9. The Morgan fingerprint density at radius 2 is 1.65 bits per heavy atom. The van der Waals surface area contributed by atoms with Crippen LogP contribution in [-0.4, -0.2) is 27.1 Å². The van der Waals surface area contributed by atoms with E-state index >= 15 is 0 Å². The third-order valence-corrected chi connectivity index (χ3v) is 6.49. The van der Waals surface area contributed by atoms with Crippen molar-refractivity contribution in [1.29, 1.82) is 5.26 Å². The van der Waals surface area contributed by atoms with E-state index < -0.39 is 16.8 Å². The van der Waals surface area contributed by atoms with Crippen LogP contribution in [0, 0.1) is 11.3 Å². The van der Waals surface area contributed by atoms with E-state index in [4.69, 9.17) is 4.98 Å². The molecule has 6 heteroatoms. The lowest BCUT2D eigenvalue weighted by Crippen LogP contribution is -2.30. The number of carbonyl (C=O) groups excluding carboxylic acids is 1. The number of carbonyl (C=O) groups is 1. The van der Waals surface area contributed by atoms with E-state index in [9.17, 15) is 14.3 Å². The first-order valence-electron chi connectivity index (χ1n) is 11.1. The van der Waals surface area contributed by atoms with Gasteiger partial charge in [-0.15, -0.1) is 0 Å². The maximum Gasteiger partial charge on any atom is 0.252 e. The highest BCUT2D eigenvalue weighted by molar-refractivity contribution is 7.84. The van der Waals surface area contributed by atoms with Gasteiger partial charge in [-0.25, -0.2) is 4.98 Å². The quantitative estimate of drug-likeness (QED) is 0.386. The SMILES string of the molecule is CS(=O)CCc1c(-c2ccccc2)nc2ccccc2c1C(=O)NC(CC#N)c1ccccc1. The molecule has 0 saturated carbocycles. The zero-order valence-corrected chi connectivity index (χ0v) is 19.7. The maximum absolute atomic E-state index is 13.8. The summed E-state index contributed by atoms with van der Waals surface area (Å²) >= 11 is 0. The lowest BCUT2D eigenvalue weighted by atomic mass is 9.94. The van der Waals surface area contributed by atoms with Crippen molar-refractivity contribution in [2.24, 2.45) is 0 Å². The molecule has 1 heterocycles. The zero-order valence-electron chi connectivity index (χ0n) is 18.9. The first-order chi connectivity index (χ1) is 16.6. The monoisotopic (exact) mass is 467 g/mol. The van der Waals surface area contributed by atoms with Gasteiger partial charge in [-0.2, -0.15) is 5.26 Å². The Bertz CT molecular complexity index is 1370. The lowest BCUT2D eigenvalue weighted by Gasteiger charge is -2.21. The van der Waals surface area contributed by atoms with Crippen molar-refractivity contribution >= 4 is 27.6 Å². The van der Waals surface area contributed by atoms with Gasteiger partial charge in [-0.3, -0.25) is 9.00 Å². The summed E-state index contributed by atoms with van der Waals surface area (Å²) < 4.78 is 12.0. The molecular weight excluding hydrogens is 442 g/mol. The van der Waals surface area contributed by atoms with E-state index in [-0.39, 0.29) is 12.3 Å². The largest absolute Gasteiger partial charge is 0.344 e. The standard InChI is InChI=1S/C28H25N3O2S/c1-34(33)19-17-23-26(28(32)31-24(16-18-29)20-10-4-2-5-11-20)22-14-8-9-15-25(22)30-27(23)21-12-6-3-7-13-21/h2-15,24H,16-17,19H2,1H3,(H,31,32). The number of para-hydroxylation sites is 1. The number of rotatable bonds is 8. The summed E-state index contributed by atoms with van der Waals surface area (Å²) in [4.78, 5) is 18.8. The summed E-state index contributed by atoms with van der Waals surface area (Å²) in [6.07, 6.45) is 2.26. The predicted molar refractivity (Wildman–Crippen MR) is 137 cm³/mol. The van der Waals surface area contributed by atoms with E-state index in [0.717, 1.165) is 22.1 Å². The number of amides is 1. The number of nitriles is 1. The summed E-state index contributed by atoms with van der Waals surface area (Å²) in [5.74, 6) is 0.150. The molecule has 34 heavy (non-hydrogen) atoms. The Balaban J connectivity index is 1.88. The van der Waals surface area contributed by atoms with Crippen LogP contribution in [-0.2, 0) is 17.2 Å². The third-order valence-electron chi connectivity index (χ3n) is 5.71. The number of fused-ring (bicyclic) bond motifs is 1. The molecule has 0 aliphatic rings. The first-order valence-corrected chi connectivity index (χ1v) is 12.8. The Morgan fingerprint density at radius 3 is 2.32 bits per heavy atom. The molecule has 5 nitrogen and oxygen atoms in total. The molecule has 0 bridgehead atoms. The van der Waals surface area contributed by atoms with Crippen LogP contribution in [0.4, 0.5) is 0 Å². The van der Waals surface area contributed by atoms with Gasteiger partial charge in [0.1, 0.15) is 0 Å². The Kier molecular flexibility index (Phi) is 7.46. The highest BCUT2D eigenvalue weighted by Gasteiger charge is 2.24. The van der Waals surface area contributed by atoms with Crippen molar-refractivity contribution in [3.63, 3.8) is 0 Å². The van der Waals surface area contributed by atoms with Gasteiger partial charge in [0, 0.05) is 33.8 Å². The number of benzene rings is 3. The second kappa shape index (κ2) is 10.9. The molecule has 1 N–H and O–H groups in total. The average molecular weight is 468 g/mol. The molecule has 1 aromatic heterocycles. The highest BCUT2D eigenvalue weighted by atomic mass is 32.2. The van der Waals surface area contributed by atoms with Gasteiger partial charge in [-0.05, 0) is 23.6 Å². The smallest absolute Gasteiger partial charge is 0.252 e. The van der Waals surface area contributed by atoms with Gasteiger partial charge in [0.25, 0.3) is 5.91 Å². The molecule has 0 spiro atoms. The van der Waals surface area contributed by atoms with Gasteiger partial charge in [0.05, 0.1) is 35.3 Å². The molecule has 0 saturated heterocycles. The van der Waals surface area contributed by atoms with E-state index in [1.54, 1.807) is 6.26 Å². The molecule has 3 aromatic carbocycles. The van der Waals surface area contributed by atoms with E-state index in [1.807, 2.05) is 84.9 Å². The molecule has 0 radical (unpaired) electrons. The van der Waals surface area contributed by atoms with Gasteiger partial charge in [0.2, 0.25) is 0 Å². The molecule has 0 aliphatic heterocycles. The van der Waals surface area contributed by atoms with Crippen molar-refractivity contribution in [2.45, 2.75) is 18.9 Å². The maximum atomic E-state index is 13.8. The molecule has 1 amide bonds. The van der Waals surface area contributed by atoms with Gasteiger partial charge >= 0.3 is 0 Å².